The van der Waals surface area contributed by atoms with Crippen molar-refractivity contribution in [3.8, 4) is 11.5 Å². The van der Waals surface area contributed by atoms with Crippen LogP contribution in [-0.2, 0) is 18.4 Å². The van der Waals surface area contributed by atoms with Crippen LogP contribution in [0.5, 0.6) is 0 Å². The normalized spacial score (nSPS) is 20.9. The van der Waals surface area contributed by atoms with Crippen LogP contribution in [-0.4, -0.2) is 50.1 Å². The number of halogens is 1. The monoisotopic (exact) mass is 377 g/mol. The first kappa shape index (κ1) is 17.3. The number of aryl methyl sites for hydroxylation is 1. The van der Waals surface area contributed by atoms with Gasteiger partial charge >= 0.3 is 0 Å². The van der Waals surface area contributed by atoms with Gasteiger partial charge in [-0.15, -0.1) is 0 Å². The zero-order valence-corrected chi connectivity index (χ0v) is 15.6. The minimum Gasteiger partial charge on any atom is -0.390 e. The zero-order valence-electron chi connectivity index (χ0n) is 14.8. The summed E-state index contributed by atoms with van der Waals surface area (Å²) in [6, 6.07) is 0. The Hall–Kier alpha value is -2.16. The van der Waals surface area contributed by atoms with Crippen LogP contribution in [0.15, 0.2) is 16.9 Å². The minimum atomic E-state index is -0.240. The van der Waals surface area contributed by atoms with Crippen molar-refractivity contribution in [3.05, 3.63) is 23.1 Å². The molecule has 0 amide bonds. The second-order valence-electron chi connectivity index (χ2n) is 6.61. The number of aliphatic hydroxyl groups excluding tert-OH is 1. The molecule has 26 heavy (non-hydrogen) atoms. The summed E-state index contributed by atoms with van der Waals surface area (Å²) in [6.07, 6.45) is 3.59. The second-order valence-corrected chi connectivity index (χ2v) is 6.99. The van der Waals surface area contributed by atoms with E-state index in [9.17, 15) is 5.11 Å². The lowest BCUT2D eigenvalue weighted by Crippen LogP contribution is -2.46. The van der Waals surface area contributed by atoms with Crippen LogP contribution in [0, 0.1) is 0 Å². The van der Waals surface area contributed by atoms with E-state index in [1.807, 2.05) is 31.7 Å². The maximum Gasteiger partial charge on any atom is 0.206 e. The fourth-order valence-electron chi connectivity index (χ4n) is 3.49. The third-order valence-corrected chi connectivity index (χ3v) is 4.86. The van der Waals surface area contributed by atoms with Gasteiger partial charge in [0.15, 0.2) is 11.5 Å². The van der Waals surface area contributed by atoms with Gasteiger partial charge in [-0.2, -0.15) is 0 Å². The van der Waals surface area contributed by atoms with Crippen molar-refractivity contribution >= 4 is 28.4 Å². The van der Waals surface area contributed by atoms with E-state index in [0.29, 0.717) is 52.1 Å². The summed E-state index contributed by atoms with van der Waals surface area (Å²) in [6.45, 7) is 5.09. The molecule has 1 aliphatic heterocycles. The van der Waals surface area contributed by atoms with Gasteiger partial charge < -0.3 is 23.8 Å². The van der Waals surface area contributed by atoms with Gasteiger partial charge in [0.2, 0.25) is 5.58 Å². The molecule has 0 radical (unpaired) electrons. The number of rotatable bonds is 3. The number of aliphatic hydroxyl groups is 1. The molecular weight excluding hydrogens is 358 g/mol. The predicted octanol–water partition coefficient (Wildman–Crippen LogP) is 2.38. The van der Waals surface area contributed by atoms with Crippen LogP contribution < -0.4 is 4.90 Å². The third-order valence-electron chi connectivity index (χ3n) is 4.51. The van der Waals surface area contributed by atoms with Gasteiger partial charge in [0.1, 0.15) is 10.5 Å². The lowest BCUT2D eigenvalue weighted by Gasteiger charge is -2.37. The molecule has 9 heteroatoms. The van der Waals surface area contributed by atoms with E-state index in [1.54, 1.807) is 6.20 Å². The lowest BCUT2D eigenvalue weighted by molar-refractivity contribution is -0.00533. The summed E-state index contributed by atoms with van der Waals surface area (Å²) in [5, 5.41) is 14.4. The summed E-state index contributed by atoms with van der Waals surface area (Å²) in [4.78, 5) is 11.0. The first-order chi connectivity index (χ1) is 12.5. The van der Waals surface area contributed by atoms with Gasteiger partial charge in [-0.3, -0.25) is 0 Å². The molecule has 1 fully saturated rings. The average Bonchev–Trinajstić information content (AvgIpc) is 3.19. The molecule has 2 atom stereocenters. The number of imidazole rings is 1. The van der Waals surface area contributed by atoms with Crippen molar-refractivity contribution in [2.45, 2.75) is 32.7 Å². The van der Waals surface area contributed by atoms with Crippen molar-refractivity contribution in [1.82, 2.24) is 19.7 Å². The molecule has 0 saturated carbocycles. The molecule has 1 saturated heterocycles. The van der Waals surface area contributed by atoms with E-state index < -0.39 is 0 Å². The topological polar surface area (TPSA) is 89.4 Å². The number of hydrogen-bond acceptors (Lipinski definition) is 7. The van der Waals surface area contributed by atoms with E-state index in [-0.39, 0.29) is 18.8 Å². The smallest absolute Gasteiger partial charge is 0.206 e. The van der Waals surface area contributed by atoms with E-state index in [1.165, 1.54) is 0 Å². The van der Waals surface area contributed by atoms with Gasteiger partial charge in [-0.1, -0.05) is 16.8 Å². The van der Waals surface area contributed by atoms with Gasteiger partial charge in [0.05, 0.1) is 30.2 Å². The fourth-order valence-corrected chi connectivity index (χ4v) is 3.84. The van der Waals surface area contributed by atoms with E-state index in [4.69, 9.17) is 20.9 Å². The van der Waals surface area contributed by atoms with Crippen LogP contribution in [0.25, 0.3) is 22.6 Å². The van der Waals surface area contributed by atoms with Crippen LogP contribution >= 0.6 is 11.6 Å². The number of ether oxygens (including phenoxy) is 1. The second kappa shape index (κ2) is 6.53. The average molecular weight is 378 g/mol. The fraction of sp³-hybridized carbons (Fsp3) is 0.471. The number of morpholine rings is 1. The molecule has 0 aliphatic carbocycles. The Bertz CT molecular complexity index is 943. The van der Waals surface area contributed by atoms with Crippen LogP contribution in [0.4, 0.5) is 5.69 Å². The SMILES string of the molecule is C[C@@H]1CN(c2c(CO)nc3c(-c4nccn4C)noc3c2Cl)C[C@H](C)O1. The Labute approximate surface area is 155 Å². The molecule has 138 valence electrons. The van der Waals surface area contributed by atoms with Crippen molar-refractivity contribution < 1.29 is 14.4 Å². The Morgan fingerprint density at radius 3 is 2.65 bits per heavy atom. The lowest BCUT2D eigenvalue weighted by atomic mass is 10.1. The number of fused-ring (bicyclic) bond motifs is 1. The molecule has 1 aliphatic rings. The minimum absolute atomic E-state index is 0.0508. The Morgan fingerprint density at radius 2 is 2.04 bits per heavy atom. The molecule has 0 spiro atoms. The highest BCUT2D eigenvalue weighted by molar-refractivity contribution is 6.37. The van der Waals surface area contributed by atoms with Crippen molar-refractivity contribution in [3.63, 3.8) is 0 Å². The van der Waals surface area contributed by atoms with Gasteiger partial charge in [-0.25, -0.2) is 9.97 Å². The molecule has 0 unspecified atom stereocenters. The first-order valence-electron chi connectivity index (χ1n) is 8.46. The van der Waals surface area contributed by atoms with Crippen LogP contribution in [0.3, 0.4) is 0 Å². The Balaban J connectivity index is 1.88. The number of anilines is 1. The molecular formula is C17H20ClN5O3. The zero-order chi connectivity index (χ0) is 18.4. The summed E-state index contributed by atoms with van der Waals surface area (Å²) < 4.78 is 13.1. The summed E-state index contributed by atoms with van der Waals surface area (Å²) in [7, 11) is 1.86. The van der Waals surface area contributed by atoms with Crippen molar-refractivity contribution in [2.75, 3.05) is 18.0 Å². The number of hydrogen-bond donors (Lipinski definition) is 1. The molecule has 4 heterocycles. The summed E-state index contributed by atoms with van der Waals surface area (Å²) in [5.74, 6) is 0.623. The van der Waals surface area contributed by atoms with E-state index in [2.05, 4.69) is 20.0 Å². The summed E-state index contributed by atoms with van der Waals surface area (Å²) in [5.41, 5.74) is 2.54. The van der Waals surface area contributed by atoms with Gasteiger partial charge in [0, 0.05) is 32.5 Å². The third kappa shape index (κ3) is 2.74. The largest absolute Gasteiger partial charge is 0.390 e. The summed E-state index contributed by atoms with van der Waals surface area (Å²) >= 11 is 6.67. The van der Waals surface area contributed by atoms with Gasteiger partial charge in [0.25, 0.3) is 0 Å². The molecule has 8 nitrogen and oxygen atoms in total. The molecule has 3 aromatic rings. The number of nitrogens with zero attached hydrogens (tertiary/aromatic N) is 5. The molecule has 3 aromatic heterocycles. The van der Waals surface area contributed by atoms with Crippen molar-refractivity contribution in [1.29, 1.82) is 0 Å². The van der Waals surface area contributed by atoms with Gasteiger partial charge in [-0.05, 0) is 13.8 Å². The van der Waals surface area contributed by atoms with Crippen molar-refractivity contribution in [2.24, 2.45) is 7.05 Å². The molecule has 1 N–H and O–H groups in total. The quantitative estimate of drug-likeness (QED) is 0.749. The number of aromatic nitrogens is 4. The van der Waals surface area contributed by atoms with Crippen LogP contribution in [0.2, 0.25) is 5.02 Å². The molecule has 0 aromatic carbocycles. The van der Waals surface area contributed by atoms with E-state index in [0.717, 1.165) is 0 Å². The highest BCUT2D eigenvalue weighted by Gasteiger charge is 2.29. The van der Waals surface area contributed by atoms with E-state index >= 15 is 0 Å². The molecule has 0 bridgehead atoms. The predicted molar refractivity (Wildman–Crippen MR) is 97.2 cm³/mol. The standard InChI is InChI=1S/C17H20ClN5O3/c1-9-6-23(7-10(2)25-9)15-11(8-24)20-13-14(17-19-4-5-22(17)3)21-26-16(13)12(15)18/h4-5,9-10,24H,6-8H2,1-3H3/t9-,10+. The first-order valence-corrected chi connectivity index (χ1v) is 8.84. The van der Waals surface area contributed by atoms with Crippen LogP contribution in [0.1, 0.15) is 19.5 Å². The maximum absolute atomic E-state index is 9.93. The number of pyridine rings is 1. The Morgan fingerprint density at radius 1 is 1.31 bits per heavy atom. The molecule has 4 rings (SSSR count). The highest BCUT2D eigenvalue weighted by atomic mass is 35.5. The Kier molecular flexibility index (Phi) is 4.34. The maximum atomic E-state index is 9.93. The highest BCUT2D eigenvalue weighted by Crippen LogP contribution is 2.39.